The molecule has 2 aliphatic heterocycles. The summed E-state index contributed by atoms with van der Waals surface area (Å²) in [7, 11) is 0. The van der Waals surface area contributed by atoms with Crippen molar-refractivity contribution in [2.45, 2.75) is 214 Å². The highest BCUT2D eigenvalue weighted by Gasteiger charge is 2.38. The first-order valence-electron chi connectivity index (χ1n) is 36.4. The Kier molecular flexibility index (Phi) is 50.6. The number of nitrogens with zero attached hydrogens (tertiary/aromatic N) is 2. The van der Waals surface area contributed by atoms with Gasteiger partial charge in [-0.15, -0.1) is 5.06 Å². The molecule has 2 saturated heterocycles. The molecule has 12 atom stereocenters. The van der Waals surface area contributed by atoms with E-state index in [9.17, 15) is 91.4 Å². The molecule has 0 spiro atoms. The Labute approximate surface area is 661 Å². The highest BCUT2D eigenvalue weighted by atomic mass is 32.2. The average Bonchev–Trinajstić information content (AvgIpc) is 1.77. The number of carboxylic acid groups (broad SMARTS) is 4. The van der Waals surface area contributed by atoms with Gasteiger partial charge in [0.25, 0.3) is 11.8 Å². The number of ether oxygens (including phenoxy) is 3. The molecule has 2 heterocycles. The molecule has 616 valence electrons. The standard InChI is InChI=1S/C26H42N2O7S2.C20H32O7S2.C15H18N2O8.C10H18N2O4S2/c1-5-20(25(33)27-13-18(3)30)15-36-23-6-7-24(23)37-16-21(26(34)28-14-19(4)31)12-22(32)9-11-35-10-8-17(2)29;1-3-14(19(23)24)11-28-17-4-5-18(17)29-12-15(20(25)26)10-16(22)7-9-27-8-6-13(2)21;18-10(9-16-11(19)1-2-12(16)20)5-7-24-8-6-15(23)25-17-13(21)3-4-14(17)22;11-5(9(13)14)3-17-7-1-2-8(7)18-4-6(12)10(15)16/h20-21,23-24H,5-16H2,1-4H3,(H,27,33)(H,28,34);14-15,17-18H,3-12H2,1-2H3,(H,23,24)(H,25,26);1-9H2;5-8H,1-4,11-12H2,(H,13,14)(H,15,16). The molecule has 0 radical (unpaired) electrons. The Bertz CT molecular complexity index is 2960. The first kappa shape index (κ1) is 99.2. The summed E-state index contributed by atoms with van der Waals surface area (Å²) >= 11 is 9.78. The first-order chi connectivity index (χ1) is 51.6. The second-order valence-electron chi connectivity index (χ2n) is 26.7. The summed E-state index contributed by atoms with van der Waals surface area (Å²) < 4.78 is 15.7. The SMILES string of the molecule is CCC(CSC1CCC1SCC(CC(=O)CCOCCC(C)=O)C(=O)NCC(C)=O)C(=O)NCC(C)=O.CCC(CSC1CCC1SCC(CC(=O)CCOCCC(C)=O)C(=O)O)C(=O)O.NC(CSC1CCC1SCC(N)C(=O)O)C(=O)O.O=C(CCOCCC(=O)ON1C(=O)CCC1=O)CN1C(=O)CCC1=O. The molecule has 0 aromatic heterocycles. The van der Waals surface area contributed by atoms with E-state index in [1.54, 1.807) is 70.6 Å². The Hall–Kier alpha value is -5.84. The van der Waals surface area contributed by atoms with Gasteiger partial charge in [0.1, 0.15) is 46.8 Å². The number of nitrogens with one attached hydrogen (secondary N) is 2. The van der Waals surface area contributed by atoms with Crippen LogP contribution in [0.15, 0.2) is 0 Å². The number of carbonyl (C=O) groups is 18. The number of amides is 6. The molecule has 10 N–H and O–H groups in total. The van der Waals surface area contributed by atoms with Crippen molar-refractivity contribution in [2.75, 3.05) is 93.8 Å². The highest BCUT2D eigenvalue weighted by Crippen LogP contribution is 2.44. The van der Waals surface area contributed by atoms with Crippen LogP contribution in [0.4, 0.5) is 0 Å². The zero-order valence-corrected chi connectivity index (χ0v) is 67.8. The first-order valence-corrected chi connectivity index (χ1v) is 42.7. The van der Waals surface area contributed by atoms with Gasteiger partial charge in [0.2, 0.25) is 23.6 Å². The fourth-order valence-electron chi connectivity index (χ4n) is 9.98. The molecule has 3 aliphatic carbocycles. The second kappa shape index (κ2) is 55.6. The third-order valence-corrected chi connectivity index (χ3v) is 27.4. The van der Waals surface area contributed by atoms with Gasteiger partial charge in [-0.25, -0.2) is 4.79 Å². The van der Waals surface area contributed by atoms with Crippen LogP contribution in [-0.2, 0) is 105 Å². The predicted octanol–water partition coefficient (Wildman–Crippen LogP) is 4.44. The lowest BCUT2D eigenvalue weighted by atomic mass is 9.99. The number of carbonyl (C=O) groups excluding carboxylic acids is 14. The van der Waals surface area contributed by atoms with Crippen LogP contribution in [0.3, 0.4) is 0 Å². The lowest BCUT2D eigenvalue weighted by Crippen LogP contribution is -2.39. The zero-order valence-electron chi connectivity index (χ0n) is 62.9. The number of aliphatic carboxylic acids is 4. The summed E-state index contributed by atoms with van der Waals surface area (Å²) in [6.07, 6.45) is 8.53. The number of hydrogen-bond acceptors (Lipinski definition) is 30. The fraction of sp³-hybridized carbons (Fsp3) is 0.746. The number of ketones is 7. The van der Waals surface area contributed by atoms with E-state index >= 15 is 0 Å². The molecule has 6 amide bonds. The van der Waals surface area contributed by atoms with Gasteiger partial charge in [0, 0.05) is 143 Å². The quantitative estimate of drug-likeness (QED) is 0.0308. The van der Waals surface area contributed by atoms with E-state index in [4.69, 9.17) is 41.0 Å². The maximum atomic E-state index is 12.7. The monoisotopic (exact) mass is 1650 g/mol. The summed E-state index contributed by atoms with van der Waals surface area (Å²) in [6.45, 7) is 10.3. The van der Waals surface area contributed by atoms with Gasteiger partial charge < -0.3 is 61.6 Å². The molecule has 12 unspecified atom stereocenters. The molecule has 0 bridgehead atoms. The second-order valence-corrected chi connectivity index (χ2v) is 34.3. The van der Waals surface area contributed by atoms with Gasteiger partial charge >= 0.3 is 29.8 Å². The molecular formula is C71H110N6O26S6. The van der Waals surface area contributed by atoms with Crippen molar-refractivity contribution in [3.05, 3.63) is 0 Å². The fourth-order valence-corrected chi connectivity index (χ4v) is 19.7. The summed E-state index contributed by atoms with van der Waals surface area (Å²) in [5.74, 6) is -6.33. The minimum atomic E-state index is -0.987. The van der Waals surface area contributed by atoms with Crippen molar-refractivity contribution in [2.24, 2.45) is 35.1 Å². The van der Waals surface area contributed by atoms with Crippen molar-refractivity contribution in [3.63, 3.8) is 0 Å². The van der Waals surface area contributed by atoms with Crippen LogP contribution < -0.4 is 22.1 Å². The van der Waals surface area contributed by atoms with Crippen LogP contribution in [0.25, 0.3) is 0 Å². The van der Waals surface area contributed by atoms with E-state index in [0.29, 0.717) is 96.8 Å². The van der Waals surface area contributed by atoms with Gasteiger partial charge in [-0.3, -0.25) is 86.4 Å². The number of nitrogens with two attached hydrogens (primary N) is 2. The van der Waals surface area contributed by atoms with E-state index in [0.717, 1.165) is 43.4 Å². The molecule has 0 aromatic carbocycles. The molecule has 5 rings (SSSR count). The van der Waals surface area contributed by atoms with E-state index in [-0.39, 0.29) is 199 Å². The largest absolute Gasteiger partial charge is 0.481 e. The zero-order chi connectivity index (χ0) is 81.7. The normalized spacial score (nSPS) is 20.0. The van der Waals surface area contributed by atoms with Crippen molar-refractivity contribution in [1.29, 1.82) is 0 Å². The lowest BCUT2D eigenvalue weighted by Gasteiger charge is -2.37. The molecule has 3 saturated carbocycles. The summed E-state index contributed by atoms with van der Waals surface area (Å²) in [4.78, 5) is 212. The van der Waals surface area contributed by atoms with Crippen LogP contribution in [0.2, 0.25) is 0 Å². The van der Waals surface area contributed by atoms with Crippen LogP contribution in [0.5, 0.6) is 0 Å². The predicted molar refractivity (Wildman–Crippen MR) is 413 cm³/mol. The Morgan fingerprint density at radius 2 is 0.716 bits per heavy atom. The molecule has 0 aromatic rings. The number of carboxylic acids is 4. The minimum Gasteiger partial charge on any atom is -0.481 e. The Morgan fingerprint density at radius 1 is 0.404 bits per heavy atom. The number of Topliss-reactive ketones (excluding diaryl/α,β-unsaturated/α-hetero) is 7. The smallest absolute Gasteiger partial charge is 0.335 e. The number of rotatable bonds is 55. The van der Waals surface area contributed by atoms with Crippen molar-refractivity contribution in [3.8, 4) is 0 Å². The number of thioether (sulfide) groups is 6. The number of hydrogen-bond donors (Lipinski definition) is 8. The summed E-state index contributed by atoms with van der Waals surface area (Å²) in [6, 6.07) is -1.66. The molecular weight excluding hydrogens is 1550 g/mol. The van der Waals surface area contributed by atoms with Crippen molar-refractivity contribution >= 4 is 176 Å². The molecule has 32 nitrogen and oxygen atoms in total. The van der Waals surface area contributed by atoms with Crippen molar-refractivity contribution in [1.82, 2.24) is 20.6 Å². The summed E-state index contributed by atoms with van der Waals surface area (Å²) in [5.41, 5.74) is 10.9. The molecule has 109 heavy (non-hydrogen) atoms. The topological polar surface area (TPSA) is 508 Å². The third kappa shape index (κ3) is 42.6. The Morgan fingerprint density at radius 3 is 1.06 bits per heavy atom. The van der Waals surface area contributed by atoms with Crippen molar-refractivity contribution < 1.29 is 126 Å². The van der Waals surface area contributed by atoms with Crippen LogP contribution in [-0.4, -0.2) is 274 Å². The van der Waals surface area contributed by atoms with Crippen LogP contribution in [0.1, 0.15) is 170 Å². The van der Waals surface area contributed by atoms with E-state index < -0.39 is 65.6 Å². The number of imide groups is 2. The molecule has 5 aliphatic rings. The highest BCUT2D eigenvalue weighted by molar-refractivity contribution is 8.04. The summed E-state index contributed by atoms with van der Waals surface area (Å²) in [5, 5.41) is 43.8. The van der Waals surface area contributed by atoms with Gasteiger partial charge in [-0.2, -0.15) is 70.6 Å². The number of hydroxylamine groups is 2. The van der Waals surface area contributed by atoms with E-state index in [1.807, 2.05) is 13.8 Å². The number of likely N-dealkylation sites (tertiary alicyclic amines) is 1. The van der Waals surface area contributed by atoms with Gasteiger partial charge in [-0.1, -0.05) is 13.8 Å². The van der Waals surface area contributed by atoms with E-state index in [1.165, 1.54) is 27.7 Å². The lowest BCUT2D eigenvalue weighted by molar-refractivity contribution is -0.198. The van der Waals surface area contributed by atoms with Crippen LogP contribution >= 0.6 is 70.6 Å². The van der Waals surface area contributed by atoms with Gasteiger partial charge in [0.15, 0.2) is 5.78 Å². The van der Waals surface area contributed by atoms with Gasteiger partial charge in [0.05, 0.1) is 83.5 Å². The minimum absolute atomic E-state index is 0.00476. The molecule has 5 fully saturated rings. The molecule has 38 heteroatoms. The average molecular weight is 1660 g/mol. The third-order valence-electron chi connectivity index (χ3n) is 17.4. The maximum Gasteiger partial charge on any atom is 0.335 e. The van der Waals surface area contributed by atoms with E-state index in [2.05, 4.69) is 15.5 Å². The van der Waals surface area contributed by atoms with Gasteiger partial charge in [-0.05, 0) is 79.1 Å². The Balaban J connectivity index is 0.000000507. The van der Waals surface area contributed by atoms with Crippen LogP contribution in [0, 0.1) is 23.7 Å². The maximum absolute atomic E-state index is 12.7.